The van der Waals surface area contributed by atoms with Crippen molar-refractivity contribution in [2.24, 2.45) is 23.7 Å². The lowest BCUT2D eigenvalue weighted by molar-refractivity contribution is -0.0403. The normalized spacial score (nSPS) is 42.0. The molecule has 4 atom stereocenters. The van der Waals surface area contributed by atoms with E-state index >= 15 is 0 Å². The molecule has 14 heavy (non-hydrogen) atoms. The Labute approximate surface area is 88.2 Å². The molecule has 0 aliphatic heterocycles. The first-order valence-electron chi connectivity index (χ1n) is 6.11. The zero-order valence-corrected chi connectivity index (χ0v) is 10.0. The fraction of sp³-hybridized carbons (Fsp3) is 1.00. The average Bonchev–Trinajstić information content (AvgIpc) is 2.60. The van der Waals surface area contributed by atoms with Crippen LogP contribution in [-0.2, 0) is 4.74 Å². The fourth-order valence-electron chi connectivity index (χ4n) is 3.33. The van der Waals surface area contributed by atoms with Crippen molar-refractivity contribution < 1.29 is 4.74 Å². The van der Waals surface area contributed by atoms with Crippen LogP contribution in [0.25, 0.3) is 0 Å². The molecule has 2 rings (SSSR count). The Morgan fingerprint density at radius 3 is 2.29 bits per heavy atom. The minimum atomic E-state index is 0.0432. The van der Waals surface area contributed by atoms with Crippen LogP contribution in [0.1, 0.15) is 47.0 Å². The van der Waals surface area contributed by atoms with Gasteiger partial charge in [-0.05, 0) is 63.7 Å². The van der Waals surface area contributed by atoms with Crippen LogP contribution in [-0.4, -0.2) is 12.2 Å². The highest BCUT2D eigenvalue weighted by molar-refractivity contribution is 4.94. The highest BCUT2D eigenvalue weighted by Gasteiger charge is 2.45. The minimum Gasteiger partial charge on any atom is -0.376 e. The molecule has 0 saturated heterocycles. The molecule has 2 aliphatic rings. The van der Waals surface area contributed by atoms with Gasteiger partial charge in [0.15, 0.2) is 0 Å². The summed E-state index contributed by atoms with van der Waals surface area (Å²) in [7, 11) is 0. The molecule has 0 radical (unpaired) electrons. The SMILES string of the molecule is CC1C2CCC(C2)C1COC(C)(C)C. The molecule has 4 unspecified atom stereocenters. The summed E-state index contributed by atoms with van der Waals surface area (Å²) < 4.78 is 5.94. The van der Waals surface area contributed by atoms with Gasteiger partial charge in [-0.15, -0.1) is 0 Å². The second-order valence-corrected chi connectivity index (χ2v) is 6.28. The third-order valence-electron chi connectivity index (χ3n) is 4.25. The lowest BCUT2D eigenvalue weighted by atomic mass is 9.81. The zero-order chi connectivity index (χ0) is 10.3. The number of hydrogen-bond acceptors (Lipinski definition) is 1. The molecule has 0 N–H and O–H groups in total. The molecule has 0 aromatic heterocycles. The Balaban J connectivity index is 1.87. The first-order valence-corrected chi connectivity index (χ1v) is 6.11. The lowest BCUT2D eigenvalue weighted by Crippen LogP contribution is -2.29. The largest absolute Gasteiger partial charge is 0.376 e. The highest BCUT2D eigenvalue weighted by Crippen LogP contribution is 2.52. The Morgan fingerprint density at radius 2 is 1.79 bits per heavy atom. The van der Waals surface area contributed by atoms with Crippen molar-refractivity contribution >= 4 is 0 Å². The predicted octanol–water partition coefficient (Wildman–Crippen LogP) is 3.48. The molecule has 1 heteroatoms. The monoisotopic (exact) mass is 196 g/mol. The predicted molar refractivity (Wildman–Crippen MR) is 59.2 cm³/mol. The van der Waals surface area contributed by atoms with Crippen LogP contribution in [0.15, 0.2) is 0 Å². The summed E-state index contributed by atoms with van der Waals surface area (Å²) in [4.78, 5) is 0. The standard InChI is InChI=1S/C13H24O/c1-9-10-5-6-11(7-10)12(9)8-14-13(2,3)4/h9-12H,5-8H2,1-4H3. The third-order valence-corrected chi connectivity index (χ3v) is 4.25. The summed E-state index contributed by atoms with van der Waals surface area (Å²) in [5, 5.41) is 0. The van der Waals surface area contributed by atoms with Crippen LogP contribution in [0.3, 0.4) is 0 Å². The van der Waals surface area contributed by atoms with Gasteiger partial charge < -0.3 is 4.74 Å². The average molecular weight is 196 g/mol. The summed E-state index contributed by atoms with van der Waals surface area (Å²) >= 11 is 0. The van der Waals surface area contributed by atoms with E-state index in [4.69, 9.17) is 4.74 Å². The second-order valence-electron chi connectivity index (χ2n) is 6.28. The zero-order valence-electron chi connectivity index (χ0n) is 10.0. The van der Waals surface area contributed by atoms with E-state index in [1.54, 1.807) is 0 Å². The topological polar surface area (TPSA) is 9.23 Å². The summed E-state index contributed by atoms with van der Waals surface area (Å²) in [6, 6.07) is 0. The van der Waals surface area contributed by atoms with E-state index in [-0.39, 0.29) is 5.60 Å². The molecule has 82 valence electrons. The van der Waals surface area contributed by atoms with Crippen LogP contribution in [0, 0.1) is 23.7 Å². The third kappa shape index (κ3) is 1.98. The van der Waals surface area contributed by atoms with Crippen molar-refractivity contribution in [2.75, 3.05) is 6.61 Å². The van der Waals surface area contributed by atoms with Gasteiger partial charge in [0, 0.05) is 0 Å². The summed E-state index contributed by atoms with van der Waals surface area (Å²) in [6.45, 7) is 9.90. The van der Waals surface area contributed by atoms with E-state index in [0.29, 0.717) is 0 Å². The summed E-state index contributed by atoms with van der Waals surface area (Å²) in [5.74, 6) is 3.77. The van der Waals surface area contributed by atoms with Gasteiger partial charge in [-0.2, -0.15) is 0 Å². The van der Waals surface area contributed by atoms with E-state index in [2.05, 4.69) is 27.7 Å². The molecule has 0 amide bonds. The molecule has 0 heterocycles. The van der Waals surface area contributed by atoms with Crippen LogP contribution in [0.4, 0.5) is 0 Å². The number of rotatable bonds is 2. The van der Waals surface area contributed by atoms with Gasteiger partial charge in [0.1, 0.15) is 0 Å². The van der Waals surface area contributed by atoms with Gasteiger partial charge in [-0.25, -0.2) is 0 Å². The lowest BCUT2D eigenvalue weighted by Gasteiger charge is -2.31. The first-order chi connectivity index (χ1) is 6.47. The Kier molecular flexibility index (Phi) is 2.63. The van der Waals surface area contributed by atoms with E-state index in [1.807, 2.05) is 0 Å². The number of hydrogen-bond donors (Lipinski definition) is 0. The van der Waals surface area contributed by atoms with Gasteiger partial charge >= 0.3 is 0 Å². The summed E-state index contributed by atoms with van der Waals surface area (Å²) in [6.07, 6.45) is 4.43. The van der Waals surface area contributed by atoms with E-state index in [9.17, 15) is 0 Å². The van der Waals surface area contributed by atoms with Crippen molar-refractivity contribution in [1.82, 2.24) is 0 Å². The Hall–Kier alpha value is -0.0400. The van der Waals surface area contributed by atoms with Crippen LogP contribution in [0.2, 0.25) is 0 Å². The second kappa shape index (κ2) is 3.52. The molecule has 0 spiro atoms. The molecule has 0 aromatic rings. The maximum Gasteiger partial charge on any atom is 0.0598 e. The number of fused-ring (bicyclic) bond motifs is 2. The molecule has 2 bridgehead atoms. The molecular weight excluding hydrogens is 172 g/mol. The molecule has 0 aromatic carbocycles. The van der Waals surface area contributed by atoms with Crippen molar-refractivity contribution in [1.29, 1.82) is 0 Å². The van der Waals surface area contributed by atoms with Crippen molar-refractivity contribution in [3.63, 3.8) is 0 Å². The molecule has 2 aliphatic carbocycles. The summed E-state index contributed by atoms with van der Waals surface area (Å²) in [5.41, 5.74) is 0.0432. The van der Waals surface area contributed by atoms with Crippen LogP contribution < -0.4 is 0 Å². The van der Waals surface area contributed by atoms with Crippen LogP contribution >= 0.6 is 0 Å². The van der Waals surface area contributed by atoms with E-state index in [1.165, 1.54) is 19.3 Å². The van der Waals surface area contributed by atoms with Crippen molar-refractivity contribution in [3.05, 3.63) is 0 Å². The Morgan fingerprint density at radius 1 is 1.14 bits per heavy atom. The van der Waals surface area contributed by atoms with Crippen molar-refractivity contribution in [2.45, 2.75) is 52.6 Å². The molecular formula is C13H24O. The molecule has 2 fully saturated rings. The quantitative estimate of drug-likeness (QED) is 0.657. The first kappa shape index (κ1) is 10.5. The molecule has 1 nitrogen and oxygen atoms in total. The van der Waals surface area contributed by atoms with Gasteiger partial charge in [-0.1, -0.05) is 6.92 Å². The smallest absolute Gasteiger partial charge is 0.0598 e. The maximum atomic E-state index is 5.94. The minimum absolute atomic E-state index is 0.0432. The Bertz CT molecular complexity index is 202. The van der Waals surface area contributed by atoms with Crippen molar-refractivity contribution in [3.8, 4) is 0 Å². The molecule has 2 saturated carbocycles. The van der Waals surface area contributed by atoms with Gasteiger partial charge in [0.25, 0.3) is 0 Å². The van der Waals surface area contributed by atoms with E-state index < -0.39 is 0 Å². The van der Waals surface area contributed by atoms with Gasteiger partial charge in [0.05, 0.1) is 12.2 Å². The van der Waals surface area contributed by atoms with Gasteiger partial charge in [-0.3, -0.25) is 0 Å². The number of ether oxygens (including phenoxy) is 1. The fourth-order valence-corrected chi connectivity index (χ4v) is 3.33. The highest BCUT2D eigenvalue weighted by atomic mass is 16.5. The van der Waals surface area contributed by atoms with E-state index in [0.717, 1.165) is 30.3 Å². The van der Waals surface area contributed by atoms with Gasteiger partial charge in [0.2, 0.25) is 0 Å². The maximum absolute atomic E-state index is 5.94. The van der Waals surface area contributed by atoms with Crippen LogP contribution in [0.5, 0.6) is 0 Å².